The van der Waals surface area contributed by atoms with E-state index in [4.69, 9.17) is 0 Å². The zero-order chi connectivity index (χ0) is 27.0. The fourth-order valence-corrected chi connectivity index (χ4v) is 6.23. The summed E-state index contributed by atoms with van der Waals surface area (Å²) in [5, 5.41) is 20.6. The molecule has 0 radical (unpaired) electrons. The van der Waals surface area contributed by atoms with Gasteiger partial charge in [0.2, 0.25) is 0 Å². The van der Waals surface area contributed by atoms with Gasteiger partial charge in [-0.25, -0.2) is 0 Å². The number of aromatic hydroxyl groups is 1. The Balaban J connectivity index is 1.32. The Morgan fingerprint density at radius 3 is 2.28 bits per heavy atom. The molecule has 7 nitrogen and oxygen atoms in total. The van der Waals surface area contributed by atoms with Crippen LogP contribution in [0, 0.1) is 0 Å². The van der Waals surface area contributed by atoms with Crippen LogP contribution in [0.15, 0.2) is 78.9 Å². The van der Waals surface area contributed by atoms with Crippen LogP contribution in [0.2, 0.25) is 0 Å². The van der Waals surface area contributed by atoms with Crippen LogP contribution in [0.5, 0.6) is 5.75 Å². The van der Waals surface area contributed by atoms with Crippen LogP contribution in [0.3, 0.4) is 0 Å². The summed E-state index contributed by atoms with van der Waals surface area (Å²) in [5.41, 5.74) is 3.20. The minimum absolute atomic E-state index is 0.0356. The predicted molar refractivity (Wildman–Crippen MR) is 139 cm³/mol. The first kappa shape index (κ1) is 25.5. The highest BCUT2D eigenvalue weighted by molar-refractivity contribution is 5.44. The topological polar surface area (TPSA) is 70.3 Å². The molecule has 1 N–H and O–H groups in total. The van der Waals surface area contributed by atoms with Crippen molar-refractivity contribution in [2.24, 2.45) is 0 Å². The van der Waals surface area contributed by atoms with Gasteiger partial charge in [0, 0.05) is 43.2 Å². The summed E-state index contributed by atoms with van der Waals surface area (Å²) in [6.07, 6.45) is -2.47. The molecule has 202 valence electrons. The highest BCUT2D eigenvalue weighted by atomic mass is 19.4. The molecule has 3 heterocycles. The molecule has 1 aromatic heterocycles. The molecule has 2 aliphatic rings. The summed E-state index contributed by atoms with van der Waals surface area (Å²) in [4.78, 5) is 4.95. The minimum Gasteiger partial charge on any atom is -0.508 e. The van der Waals surface area contributed by atoms with Crippen LogP contribution < -0.4 is 0 Å². The number of piperazine rings is 1. The lowest BCUT2D eigenvalue weighted by molar-refractivity contribution is -0.146. The molecule has 6 rings (SSSR count). The van der Waals surface area contributed by atoms with Gasteiger partial charge in [0.25, 0.3) is 5.82 Å². The van der Waals surface area contributed by atoms with Gasteiger partial charge in [0.15, 0.2) is 0 Å². The molecule has 3 aromatic carbocycles. The van der Waals surface area contributed by atoms with Gasteiger partial charge in [-0.3, -0.25) is 9.80 Å². The van der Waals surface area contributed by atoms with Crippen molar-refractivity contribution in [1.82, 2.24) is 30.0 Å². The number of aromatic nitrogens is 4. The van der Waals surface area contributed by atoms with Crippen molar-refractivity contribution < 1.29 is 18.3 Å². The number of nitrogens with zero attached hydrogens (tertiary/aromatic N) is 6. The Kier molecular flexibility index (Phi) is 6.82. The van der Waals surface area contributed by atoms with E-state index in [1.807, 2.05) is 12.1 Å². The minimum atomic E-state index is -4.70. The summed E-state index contributed by atoms with van der Waals surface area (Å²) in [6, 6.07) is 26.0. The largest absolute Gasteiger partial charge is 0.508 e. The molecule has 2 aliphatic heterocycles. The van der Waals surface area contributed by atoms with Crippen molar-refractivity contribution in [3.63, 3.8) is 0 Å². The molecule has 4 aromatic rings. The normalized spacial score (nSPS) is 20.4. The molecule has 0 spiro atoms. The van der Waals surface area contributed by atoms with Gasteiger partial charge < -0.3 is 5.11 Å². The summed E-state index contributed by atoms with van der Waals surface area (Å²) in [7, 11) is 0. The van der Waals surface area contributed by atoms with E-state index < -0.39 is 12.0 Å². The second-order valence-corrected chi connectivity index (χ2v) is 10.3. The lowest BCUT2D eigenvalue weighted by Gasteiger charge is -2.47. The average molecular weight is 535 g/mol. The summed E-state index contributed by atoms with van der Waals surface area (Å²) in [5.74, 6) is -1.01. The van der Waals surface area contributed by atoms with Gasteiger partial charge in [-0.15, -0.1) is 5.10 Å². The van der Waals surface area contributed by atoms with Gasteiger partial charge in [-0.05, 0) is 59.1 Å². The number of tetrazole rings is 1. The smallest absolute Gasteiger partial charge is 0.453 e. The molecule has 39 heavy (non-hydrogen) atoms. The summed E-state index contributed by atoms with van der Waals surface area (Å²) < 4.78 is 40.9. The predicted octanol–water partition coefficient (Wildman–Crippen LogP) is 4.87. The molecule has 2 atom stereocenters. The molecule has 2 saturated heterocycles. The van der Waals surface area contributed by atoms with E-state index in [2.05, 4.69) is 73.9 Å². The van der Waals surface area contributed by atoms with Crippen molar-refractivity contribution in [2.75, 3.05) is 19.6 Å². The Morgan fingerprint density at radius 2 is 1.62 bits per heavy atom. The number of hydrogen-bond donors (Lipinski definition) is 1. The molecule has 0 aliphatic carbocycles. The quantitative estimate of drug-likeness (QED) is 0.381. The second-order valence-electron chi connectivity index (χ2n) is 10.3. The van der Waals surface area contributed by atoms with E-state index >= 15 is 0 Å². The highest BCUT2D eigenvalue weighted by Crippen LogP contribution is 2.38. The third-order valence-corrected chi connectivity index (χ3v) is 7.89. The maximum atomic E-state index is 13.4. The average Bonchev–Trinajstić information content (AvgIpc) is 3.62. The molecular formula is C29H29F3N6O. The SMILES string of the molecule is Oc1ccc(-n2nnnc2C(F)(F)F)cc1CN1C[C@@H]2CCCN2[C@H](C(c2ccccc2)c2ccccc2)C1. The van der Waals surface area contributed by atoms with E-state index in [0.29, 0.717) is 22.8 Å². The lowest BCUT2D eigenvalue weighted by Crippen LogP contribution is -2.57. The lowest BCUT2D eigenvalue weighted by atomic mass is 9.82. The van der Waals surface area contributed by atoms with E-state index in [-0.39, 0.29) is 23.4 Å². The maximum Gasteiger partial charge on any atom is 0.453 e. The molecule has 0 unspecified atom stereocenters. The summed E-state index contributed by atoms with van der Waals surface area (Å²) >= 11 is 0. The third-order valence-electron chi connectivity index (χ3n) is 7.89. The van der Waals surface area contributed by atoms with Crippen LogP contribution in [-0.4, -0.2) is 66.8 Å². The first-order valence-corrected chi connectivity index (χ1v) is 13.1. The fourth-order valence-electron chi connectivity index (χ4n) is 6.23. The van der Waals surface area contributed by atoms with Crippen molar-refractivity contribution in [3.8, 4) is 11.4 Å². The highest BCUT2D eigenvalue weighted by Gasteiger charge is 2.42. The molecule has 10 heteroatoms. The Labute approximate surface area is 224 Å². The van der Waals surface area contributed by atoms with Gasteiger partial charge >= 0.3 is 6.18 Å². The summed E-state index contributed by atoms with van der Waals surface area (Å²) in [6.45, 7) is 3.03. The maximum absolute atomic E-state index is 13.4. The van der Waals surface area contributed by atoms with Crippen LogP contribution in [0.4, 0.5) is 13.2 Å². The Hall–Kier alpha value is -3.76. The van der Waals surface area contributed by atoms with Crippen molar-refractivity contribution in [2.45, 2.75) is 43.6 Å². The molecular weight excluding hydrogens is 505 g/mol. The monoisotopic (exact) mass is 534 g/mol. The van der Waals surface area contributed by atoms with Crippen LogP contribution in [0.25, 0.3) is 5.69 Å². The third kappa shape index (κ3) is 5.14. The van der Waals surface area contributed by atoms with Crippen molar-refractivity contribution in [3.05, 3.63) is 101 Å². The number of fused-ring (bicyclic) bond motifs is 1. The van der Waals surface area contributed by atoms with Crippen molar-refractivity contribution in [1.29, 1.82) is 0 Å². The van der Waals surface area contributed by atoms with Crippen LogP contribution >= 0.6 is 0 Å². The first-order valence-electron chi connectivity index (χ1n) is 13.1. The standard InChI is InChI=1S/C29H29F3N6O/c30-29(31,32)28-33-34-35-38(28)23-13-14-26(39)22(16-23)17-36-18-24-12-7-15-37(24)25(19-36)27(20-8-3-1-4-9-20)21-10-5-2-6-11-21/h1-6,8-11,13-14,16,24-25,27,39H,7,12,15,17-19H2/t24-,25-/m0/s1. The second kappa shape index (κ2) is 10.4. The van der Waals surface area contributed by atoms with E-state index in [1.54, 1.807) is 6.07 Å². The van der Waals surface area contributed by atoms with Gasteiger partial charge in [-0.1, -0.05) is 60.7 Å². The van der Waals surface area contributed by atoms with Crippen LogP contribution in [-0.2, 0) is 12.7 Å². The van der Waals surface area contributed by atoms with E-state index in [9.17, 15) is 18.3 Å². The molecule has 2 fully saturated rings. The number of benzene rings is 3. The van der Waals surface area contributed by atoms with E-state index in [1.165, 1.54) is 23.3 Å². The van der Waals surface area contributed by atoms with E-state index in [0.717, 1.165) is 32.5 Å². The zero-order valence-electron chi connectivity index (χ0n) is 21.2. The molecule has 0 bridgehead atoms. The zero-order valence-corrected chi connectivity index (χ0v) is 21.2. The van der Waals surface area contributed by atoms with Gasteiger partial charge in [0.05, 0.1) is 5.69 Å². The van der Waals surface area contributed by atoms with Gasteiger partial charge in [-0.2, -0.15) is 17.9 Å². The molecule has 0 saturated carbocycles. The Morgan fingerprint density at radius 1 is 0.923 bits per heavy atom. The Bertz CT molecular complexity index is 1370. The van der Waals surface area contributed by atoms with Crippen molar-refractivity contribution >= 4 is 0 Å². The number of halogens is 3. The number of rotatable bonds is 6. The fraction of sp³-hybridized carbons (Fsp3) is 0.345. The first-order chi connectivity index (χ1) is 18.9. The number of phenolic OH excluding ortho intramolecular Hbond substituents is 1. The number of hydrogen-bond acceptors (Lipinski definition) is 6. The van der Waals surface area contributed by atoms with Gasteiger partial charge in [0.1, 0.15) is 5.75 Å². The number of alkyl halides is 3. The molecule has 0 amide bonds. The van der Waals surface area contributed by atoms with Crippen LogP contribution in [0.1, 0.15) is 41.3 Å². The number of phenols is 1.